The molecule has 5 heteroatoms. The van der Waals surface area contributed by atoms with E-state index in [-0.39, 0.29) is 18.6 Å². The van der Waals surface area contributed by atoms with Crippen molar-refractivity contribution >= 4 is 5.91 Å². The Bertz CT molecular complexity index is 314. The van der Waals surface area contributed by atoms with E-state index in [1.54, 1.807) is 0 Å². The van der Waals surface area contributed by atoms with Gasteiger partial charge in [-0.05, 0) is 19.3 Å². The Labute approximate surface area is 167 Å². The van der Waals surface area contributed by atoms with Crippen LogP contribution in [0.5, 0.6) is 0 Å². The Morgan fingerprint density at radius 2 is 1.33 bits per heavy atom. The fraction of sp³-hybridized carbons (Fsp3) is 0.955. The van der Waals surface area contributed by atoms with E-state index in [9.17, 15) is 9.90 Å². The molecule has 0 radical (unpaired) electrons. The molecule has 0 rings (SSSR count). The number of aliphatic hydroxyl groups is 2. The van der Waals surface area contributed by atoms with Crippen LogP contribution in [0, 0.1) is 0 Å². The van der Waals surface area contributed by atoms with Gasteiger partial charge in [0.2, 0.25) is 5.91 Å². The summed E-state index contributed by atoms with van der Waals surface area (Å²) in [6.45, 7) is 4.27. The molecule has 5 nitrogen and oxygen atoms in total. The minimum absolute atomic E-state index is 0.0848. The Balaban J connectivity index is 3.21. The van der Waals surface area contributed by atoms with Gasteiger partial charge in [-0.2, -0.15) is 0 Å². The molecule has 0 saturated heterocycles. The first-order valence-electron chi connectivity index (χ1n) is 11.5. The van der Waals surface area contributed by atoms with Crippen LogP contribution in [0.4, 0.5) is 0 Å². The van der Waals surface area contributed by atoms with Gasteiger partial charge in [0.25, 0.3) is 0 Å². The quantitative estimate of drug-likeness (QED) is 0.225. The molecule has 0 aliphatic rings. The second kappa shape index (κ2) is 21.6. The normalized spacial score (nSPS) is 12.3. The van der Waals surface area contributed by atoms with Crippen LogP contribution in [0.1, 0.15) is 103 Å². The van der Waals surface area contributed by atoms with Gasteiger partial charge in [0.1, 0.15) is 0 Å². The highest BCUT2D eigenvalue weighted by Crippen LogP contribution is 2.14. The fourth-order valence-corrected chi connectivity index (χ4v) is 3.26. The number of rotatable bonds is 21. The Hall–Kier alpha value is -0.650. The summed E-state index contributed by atoms with van der Waals surface area (Å²) in [6.07, 6.45) is 17.0. The molecule has 0 saturated carbocycles. The number of carbonyl (C=O) groups excluding carboxylic acids is 1. The van der Waals surface area contributed by atoms with Crippen molar-refractivity contribution in [1.29, 1.82) is 0 Å². The molecule has 0 aliphatic carbocycles. The van der Waals surface area contributed by atoms with Gasteiger partial charge in [0, 0.05) is 26.1 Å². The summed E-state index contributed by atoms with van der Waals surface area (Å²) in [4.78, 5) is 11.6. The van der Waals surface area contributed by atoms with Crippen molar-refractivity contribution in [2.45, 2.75) is 109 Å². The molecule has 0 bridgehead atoms. The van der Waals surface area contributed by atoms with Gasteiger partial charge in [-0.1, -0.05) is 77.6 Å². The maximum atomic E-state index is 11.6. The van der Waals surface area contributed by atoms with E-state index in [1.807, 2.05) is 0 Å². The van der Waals surface area contributed by atoms with E-state index in [0.29, 0.717) is 26.1 Å². The Morgan fingerprint density at radius 1 is 0.778 bits per heavy atom. The molecule has 0 aromatic carbocycles. The molecule has 0 aliphatic heterocycles. The molecular formula is C22H46N2O3. The summed E-state index contributed by atoms with van der Waals surface area (Å²) in [6, 6.07) is 0. The van der Waals surface area contributed by atoms with Crippen LogP contribution in [-0.2, 0) is 4.79 Å². The summed E-state index contributed by atoms with van der Waals surface area (Å²) in [5.74, 6) is 0.133. The summed E-state index contributed by atoms with van der Waals surface area (Å²) in [7, 11) is 0. The van der Waals surface area contributed by atoms with Crippen molar-refractivity contribution in [3.05, 3.63) is 0 Å². The van der Waals surface area contributed by atoms with Crippen molar-refractivity contribution in [2.75, 3.05) is 26.2 Å². The third-order valence-corrected chi connectivity index (χ3v) is 4.99. The maximum Gasteiger partial charge on any atom is 0.220 e. The lowest BCUT2D eigenvalue weighted by atomic mass is 10.0. The zero-order valence-corrected chi connectivity index (χ0v) is 17.8. The van der Waals surface area contributed by atoms with Gasteiger partial charge < -0.3 is 20.8 Å². The summed E-state index contributed by atoms with van der Waals surface area (Å²) >= 11 is 0. The predicted molar refractivity (Wildman–Crippen MR) is 114 cm³/mol. The van der Waals surface area contributed by atoms with E-state index >= 15 is 0 Å². The molecule has 1 atom stereocenters. The third kappa shape index (κ3) is 21.5. The minimum Gasteiger partial charge on any atom is -0.395 e. The summed E-state index contributed by atoms with van der Waals surface area (Å²) in [5.41, 5.74) is 0. The molecule has 0 aromatic rings. The Kier molecular flexibility index (Phi) is 21.1. The van der Waals surface area contributed by atoms with E-state index in [4.69, 9.17) is 5.11 Å². The van der Waals surface area contributed by atoms with Gasteiger partial charge in [0.15, 0.2) is 0 Å². The first kappa shape index (κ1) is 26.4. The molecule has 1 unspecified atom stereocenters. The van der Waals surface area contributed by atoms with Crippen molar-refractivity contribution in [2.24, 2.45) is 0 Å². The number of hydrogen-bond acceptors (Lipinski definition) is 4. The molecule has 1 amide bonds. The van der Waals surface area contributed by atoms with Crippen LogP contribution < -0.4 is 10.6 Å². The van der Waals surface area contributed by atoms with Crippen LogP contribution in [0.3, 0.4) is 0 Å². The number of unbranched alkanes of at least 4 members (excludes halogenated alkanes) is 10. The van der Waals surface area contributed by atoms with Crippen molar-refractivity contribution in [3.63, 3.8) is 0 Å². The van der Waals surface area contributed by atoms with E-state index < -0.39 is 0 Å². The standard InChI is InChI=1S/C22H46N2O3/c1-2-3-4-11-14-21(26)15-12-9-7-5-6-8-10-13-16-22(27)24-18-17-23-19-20-25/h21,23,25-26H,2-20H2,1H3,(H,24,27). The van der Waals surface area contributed by atoms with Crippen LogP contribution in [-0.4, -0.2) is 48.5 Å². The topological polar surface area (TPSA) is 81.6 Å². The molecule has 0 fully saturated rings. The largest absolute Gasteiger partial charge is 0.395 e. The monoisotopic (exact) mass is 386 g/mol. The molecule has 0 aromatic heterocycles. The van der Waals surface area contributed by atoms with Gasteiger partial charge in [-0.15, -0.1) is 0 Å². The SMILES string of the molecule is CCCCCCC(O)CCCCCCCCCCC(=O)NCCNCCO. The highest BCUT2D eigenvalue weighted by molar-refractivity contribution is 5.75. The molecule has 27 heavy (non-hydrogen) atoms. The fourth-order valence-electron chi connectivity index (χ4n) is 3.26. The number of carbonyl (C=O) groups is 1. The number of nitrogens with one attached hydrogen (secondary N) is 2. The number of aliphatic hydroxyl groups excluding tert-OH is 2. The third-order valence-electron chi connectivity index (χ3n) is 4.99. The lowest BCUT2D eigenvalue weighted by Gasteiger charge is -2.10. The predicted octanol–water partition coefficient (Wildman–Crippen LogP) is 3.92. The van der Waals surface area contributed by atoms with Crippen LogP contribution in [0.15, 0.2) is 0 Å². The van der Waals surface area contributed by atoms with E-state index in [0.717, 1.165) is 32.1 Å². The molecule has 0 heterocycles. The highest BCUT2D eigenvalue weighted by Gasteiger charge is 2.03. The number of amides is 1. The highest BCUT2D eigenvalue weighted by atomic mass is 16.3. The van der Waals surface area contributed by atoms with E-state index in [1.165, 1.54) is 57.8 Å². The lowest BCUT2D eigenvalue weighted by Crippen LogP contribution is -2.32. The molecule has 162 valence electrons. The van der Waals surface area contributed by atoms with E-state index in [2.05, 4.69) is 17.6 Å². The molecular weight excluding hydrogens is 340 g/mol. The maximum absolute atomic E-state index is 11.6. The summed E-state index contributed by atoms with van der Waals surface area (Å²) < 4.78 is 0. The first-order valence-corrected chi connectivity index (χ1v) is 11.5. The van der Waals surface area contributed by atoms with Crippen molar-refractivity contribution in [3.8, 4) is 0 Å². The second-order valence-corrected chi connectivity index (χ2v) is 7.69. The van der Waals surface area contributed by atoms with Gasteiger partial charge in [0.05, 0.1) is 12.7 Å². The van der Waals surface area contributed by atoms with Crippen LogP contribution in [0.25, 0.3) is 0 Å². The average Bonchev–Trinajstić information content (AvgIpc) is 2.66. The van der Waals surface area contributed by atoms with Gasteiger partial charge >= 0.3 is 0 Å². The molecule has 4 N–H and O–H groups in total. The number of hydrogen-bond donors (Lipinski definition) is 4. The second-order valence-electron chi connectivity index (χ2n) is 7.69. The van der Waals surface area contributed by atoms with Crippen LogP contribution >= 0.6 is 0 Å². The lowest BCUT2D eigenvalue weighted by molar-refractivity contribution is -0.121. The van der Waals surface area contributed by atoms with Crippen molar-refractivity contribution < 1.29 is 15.0 Å². The minimum atomic E-state index is -0.0848. The smallest absolute Gasteiger partial charge is 0.220 e. The van der Waals surface area contributed by atoms with Gasteiger partial charge in [-0.3, -0.25) is 4.79 Å². The zero-order chi connectivity index (χ0) is 20.0. The molecule has 0 spiro atoms. The summed E-state index contributed by atoms with van der Waals surface area (Å²) in [5, 5.41) is 24.5. The van der Waals surface area contributed by atoms with Crippen LogP contribution in [0.2, 0.25) is 0 Å². The average molecular weight is 387 g/mol. The van der Waals surface area contributed by atoms with Crippen molar-refractivity contribution in [1.82, 2.24) is 10.6 Å². The van der Waals surface area contributed by atoms with Gasteiger partial charge in [-0.25, -0.2) is 0 Å². The zero-order valence-electron chi connectivity index (χ0n) is 17.8. The Morgan fingerprint density at radius 3 is 1.93 bits per heavy atom. The first-order chi connectivity index (χ1) is 13.2.